The van der Waals surface area contributed by atoms with E-state index < -0.39 is 22.0 Å². The number of carbonyl (C=O) groups is 2. The summed E-state index contributed by atoms with van der Waals surface area (Å²) in [5.74, 6) is 0.0393. The highest BCUT2D eigenvalue weighted by Crippen LogP contribution is 2.34. The molecule has 0 spiro atoms. The van der Waals surface area contributed by atoms with Gasteiger partial charge in [0.2, 0.25) is 21.8 Å². The number of nitrogens with zero attached hydrogens (tertiary/aromatic N) is 1. The Balaban J connectivity index is 1.82. The van der Waals surface area contributed by atoms with Crippen molar-refractivity contribution in [2.75, 3.05) is 24.4 Å². The van der Waals surface area contributed by atoms with Gasteiger partial charge in [-0.05, 0) is 55.2 Å². The summed E-state index contributed by atoms with van der Waals surface area (Å²) in [6.45, 7) is 6.93. The predicted molar refractivity (Wildman–Crippen MR) is 130 cm³/mol. The Morgan fingerprint density at radius 1 is 1.06 bits per heavy atom. The Hall–Kier alpha value is -3.11. The number of rotatable bonds is 8. The summed E-state index contributed by atoms with van der Waals surface area (Å²) in [5, 5.41) is 2.74. The number of benzene rings is 2. The topological polar surface area (TPSA) is 114 Å². The van der Waals surface area contributed by atoms with Crippen molar-refractivity contribution in [1.82, 2.24) is 4.72 Å². The summed E-state index contributed by atoms with van der Waals surface area (Å²) in [5.41, 5.74) is 1.94. The van der Waals surface area contributed by atoms with E-state index in [1.165, 1.54) is 27.2 Å². The van der Waals surface area contributed by atoms with Crippen LogP contribution in [0.3, 0.4) is 0 Å². The summed E-state index contributed by atoms with van der Waals surface area (Å²) in [6, 6.07) is 8.51. The van der Waals surface area contributed by atoms with Crippen LogP contribution in [-0.4, -0.2) is 46.5 Å². The molecule has 34 heavy (non-hydrogen) atoms. The first-order chi connectivity index (χ1) is 16.0. The molecular formula is C24H31N3O6S. The Bertz CT molecular complexity index is 1200. The van der Waals surface area contributed by atoms with Crippen LogP contribution in [0.25, 0.3) is 0 Å². The maximum atomic E-state index is 13.2. The minimum atomic E-state index is -4.00. The number of hydrogen-bond donors (Lipinski definition) is 2. The van der Waals surface area contributed by atoms with E-state index >= 15 is 0 Å². The number of fused-ring (bicyclic) bond motifs is 1. The van der Waals surface area contributed by atoms with Crippen LogP contribution in [-0.2, 0) is 26.0 Å². The molecule has 9 nitrogen and oxygen atoms in total. The van der Waals surface area contributed by atoms with E-state index in [1.807, 2.05) is 6.92 Å². The van der Waals surface area contributed by atoms with Gasteiger partial charge >= 0.3 is 0 Å². The van der Waals surface area contributed by atoms with E-state index in [0.717, 1.165) is 5.56 Å². The van der Waals surface area contributed by atoms with E-state index in [1.54, 1.807) is 49.1 Å². The fraction of sp³-hybridized carbons (Fsp3) is 0.417. The highest BCUT2D eigenvalue weighted by molar-refractivity contribution is 7.89. The second kappa shape index (κ2) is 10.0. The van der Waals surface area contributed by atoms with Crippen LogP contribution in [0.2, 0.25) is 0 Å². The van der Waals surface area contributed by atoms with Gasteiger partial charge in [0.25, 0.3) is 0 Å². The molecule has 0 bridgehead atoms. The summed E-state index contributed by atoms with van der Waals surface area (Å²) in [6.07, 6.45) is 0.561. The molecule has 0 saturated heterocycles. The van der Waals surface area contributed by atoms with Gasteiger partial charge in [0.15, 0.2) is 11.5 Å². The van der Waals surface area contributed by atoms with Crippen molar-refractivity contribution >= 4 is 33.2 Å². The molecule has 0 aromatic heterocycles. The van der Waals surface area contributed by atoms with E-state index in [4.69, 9.17) is 9.47 Å². The van der Waals surface area contributed by atoms with Crippen molar-refractivity contribution in [2.24, 2.45) is 5.92 Å². The lowest BCUT2D eigenvalue weighted by atomic mass is 10.0. The maximum absolute atomic E-state index is 13.2. The van der Waals surface area contributed by atoms with Gasteiger partial charge in [-0.15, -0.1) is 0 Å². The van der Waals surface area contributed by atoms with Gasteiger partial charge in [-0.25, -0.2) is 8.42 Å². The molecule has 2 aromatic carbocycles. The van der Waals surface area contributed by atoms with Crippen molar-refractivity contribution in [1.29, 1.82) is 0 Å². The van der Waals surface area contributed by atoms with Gasteiger partial charge in [0.1, 0.15) is 6.04 Å². The zero-order valence-electron chi connectivity index (χ0n) is 20.2. The quantitative estimate of drug-likeness (QED) is 0.589. The summed E-state index contributed by atoms with van der Waals surface area (Å²) < 4.78 is 39.4. The monoisotopic (exact) mass is 489 g/mol. The lowest BCUT2D eigenvalue weighted by Crippen LogP contribution is -2.47. The number of methoxy groups -OCH3 is 2. The molecule has 1 aliphatic rings. The Morgan fingerprint density at radius 2 is 1.74 bits per heavy atom. The second-order valence-corrected chi connectivity index (χ2v) is 10.3. The van der Waals surface area contributed by atoms with Gasteiger partial charge in [-0.3, -0.25) is 9.59 Å². The van der Waals surface area contributed by atoms with Gasteiger partial charge in [0, 0.05) is 30.4 Å². The fourth-order valence-electron chi connectivity index (χ4n) is 4.12. The normalized spacial score (nSPS) is 16.2. The van der Waals surface area contributed by atoms with Crippen LogP contribution in [0.4, 0.5) is 11.4 Å². The molecule has 0 fully saturated rings. The number of amides is 2. The van der Waals surface area contributed by atoms with E-state index in [9.17, 15) is 18.0 Å². The zero-order chi connectivity index (χ0) is 25.2. The maximum Gasteiger partial charge on any atom is 0.242 e. The molecule has 1 heterocycles. The van der Waals surface area contributed by atoms with Crippen LogP contribution in [0.5, 0.6) is 11.5 Å². The molecule has 3 rings (SSSR count). The largest absolute Gasteiger partial charge is 0.493 e. The third-order valence-corrected chi connectivity index (χ3v) is 7.24. The molecule has 1 aliphatic heterocycles. The number of anilines is 2. The predicted octanol–water partition coefficient (Wildman–Crippen LogP) is 2.94. The van der Waals surface area contributed by atoms with Crippen LogP contribution >= 0.6 is 0 Å². The van der Waals surface area contributed by atoms with Crippen LogP contribution in [0.1, 0.15) is 33.3 Å². The summed E-state index contributed by atoms with van der Waals surface area (Å²) in [7, 11) is -1.00. The number of sulfonamides is 1. The van der Waals surface area contributed by atoms with E-state index in [-0.39, 0.29) is 22.8 Å². The summed E-state index contributed by atoms with van der Waals surface area (Å²) in [4.78, 5) is 26.7. The number of hydrogen-bond acceptors (Lipinski definition) is 6. The molecule has 10 heteroatoms. The van der Waals surface area contributed by atoms with Gasteiger partial charge < -0.3 is 19.7 Å². The van der Waals surface area contributed by atoms with Crippen molar-refractivity contribution in [3.8, 4) is 11.5 Å². The third-order valence-electron chi connectivity index (χ3n) is 5.80. The minimum Gasteiger partial charge on any atom is -0.493 e. The Morgan fingerprint density at radius 3 is 2.32 bits per heavy atom. The van der Waals surface area contributed by atoms with E-state index in [2.05, 4.69) is 10.0 Å². The van der Waals surface area contributed by atoms with E-state index in [0.29, 0.717) is 29.3 Å². The van der Waals surface area contributed by atoms with Crippen molar-refractivity contribution < 1.29 is 27.5 Å². The molecule has 2 amide bonds. The molecule has 184 valence electrons. The highest BCUT2D eigenvalue weighted by Gasteiger charge is 2.32. The lowest BCUT2D eigenvalue weighted by molar-refractivity contribution is -0.118. The van der Waals surface area contributed by atoms with Crippen LogP contribution in [0, 0.1) is 5.92 Å². The molecule has 2 atom stereocenters. The molecule has 2 aromatic rings. The molecule has 2 N–H and O–H groups in total. The lowest BCUT2D eigenvalue weighted by Gasteiger charge is -2.22. The SMILES string of the molecule is COc1ccc(NC(=O)[C@H](NS(=O)(=O)c2ccc3c(c2)C[C@H](C)N3C(C)=O)C(C)C)cc1OC. The molecule has 0 unspecified atom stereocenters. The van der Waals surface area contributed by atoms with Gasteiger partial charge in [-0.2, -0.15) is 4.72 Å². The van der Waals surface area contributed by atoms with Crippen molar-refractivity contribution in [3.63, 3.8) is 0 Å². The molecular weight excluding hydrogens is 458 g/mol. The average Bonchev–Trinajstić information content (AvgIpc) is 3.12. The van der Waals surface area contributed by atoms with Gasteiger partial charge in [-0.1, -0.05) is 13.8 Å². The van der Waals surface area contributed by atoms with Crippen LogP contribution < -0.4 is 24.4 Å². The molecule has 0 radical (unpaired) electrons. The first-order valence-corrected chi connectivity index (χ1v) is 12.4. The average molecular weight is 490 g/mol. The van der Waals surface area contributed by atoms with Crippen molar-refractivity contribution in [2.45, 2.75) is 51.1 Å². The number of nitrogens with one attached hydrogen (secondary N) is 2. The van der Waals surface area contributed by atoms with Crippen LogP contribution in [0.15, 0.2) is 41.3 Å². The second-order valence-electron chi connectivity index (χ2n) is 8.63. The number of carbonyl (C=O) groups excluding carboxylic acids is 2. The Kier molecular flexibility index (Phi) is 7.52. The molecule has 0 aliphatic carbocycles. The van der Waals surface area contributed by atoms with Crippen molar-refractivity contribution in [3.05, 3.63) is 42.0 Å². The van der Waals surface area contributed by atoms with Gasteiger partial charge in [0.05, 0.1) is 19.1 Å². The molecule has 0 saturated carbocycles. The standard InChI is InChI=1S/C24H31N3O6S/c1-14(2)23(24(29)25-18-7-10-21(32-5)22(13-18)33-6)26-34(30,31)19-8-9-20-17(12-19)11-15(3)27(20)16(4)28/h7-10,12-15,23,26H,11H2,1-6H3,(H,25,29)/t15-,23+/m0/s1. The minimum absolute atomic E-state index is 0.0471. The number of ether oxygens (including phenoxy) is 2. The smallest absolute Gasteiger partial charge is 0.242 e. The first kappa shape index (κ1) is 25.5. The first-order valence-electron chi connectivity index (χ1n) is 11.0. The Labute approximate surface area is 200 Å². The zero-order valence-corrected chi connectivity index (χ0v) is 21.0. The third kappa shape index (κ3) is 5.18. The summed E-state index contributed by atoms with van der Waals surface area (Å²) >= 11 is 0. The highest BCUT2D eigenvalue weighted by atomic mass is 32.2. The fourth-order valence-corrected chi connectivity index (χ4v) is 5.51.